The SMILES string of the molecule is CCOc1ccccc1Nc1nnc(SCc2nc(N)nc(Nc3ccccc3OC)n2)s1. The quantitative estimate of drug-likeness (QED) is 0.276. The molecule has 0 aliphatic heterocycles. The largest absolute Gasteiger partial charge is 0.495 e. The second kappa shape index (κ2) is 10.8. The molecule has 33 heavy (non-hydrogen) atoms. The van der Waals surface area contributed by atoms with E-state index in [1.165, 1.54) is 23.1 Å². The van der Waals surface area contributed by atoms with Gasteiger partial charge in [0.1, 0.15) is 17.3 Å². The van der Waals surface area contributed by atoms with Gasteiger partial charge in [-0.1, -0.05) is 47.4 Å². The summed E-state index contributed by atoms with van der Waals surface area (Å²) in [4.78, 5) is 12.9. The van der Waals surface area contributed by atoms with Crippen LogP contribution in [0, 0.1) is 0 Å². The number of benzene rings is 2. The summed E-state index contributed by atoms with van der Waals surface area (Å²) < 4.78 is 11.8. The molecular formula is C21H22N8O2S2. The molecular weight excluding hydrogens is 460 g/mol. The molecule has 4 rings (SSSR count). The maximum absolute atomic E-state index is 5.89. The van der Waals surface area contributed by atoms with Crippen molar-refractivity contribution in [3.05, 3.63) is 54.4 Å². The zero-order valence-corrected chi connectivity index (χ0v) is 19.6. The third-order valence-electron chi connectivity index (χ3n) is 4.21. The number of rotatable bonds is 10. The summed E-state index contributed by atoms with van der Waals surface area (Å²) in [5.41, 5.74) is 7.46. The number of nitrogens with two attached hydrogens (primary N) is 1. The fraction of sp³-hybridized carbons (Fsp3) is 0.190. The Bertz CT molecular complexity index is 1220. The van der Waals surface area contributed by atoms with Gasteiger partial charge in [0.25, 0.3) is 0 Å². The van der Waals surface area contributed by atoms with E-state index < -0.39 is 0 Å². The van der Waals surface area contributed by atoms with Crippen LogP contribution in [-0.4, -0.2) is 38.9 Å². The summed E-state index contributed by atoms with van der Waals surface area (Å²) in [6.07, 6.45) is 0. The van der Waals surface area contributed by atoms with E-state index in [0.29, 0.717) is 35.0 Å². The lowest BCUT2D eigenvalue weighted by molar-refractivity contribution is 0.342. The minimum atomic E-state index is 0.130. The van der Waals surface area contributed by atoms with E-state index in [2.05, 4.69) is 35.8 Å². The topological polar surface area (TPSA) is 133 Å². The normalized spacial score (nSPS) is 10.6. The van der Waals surface area contributed by atoms with E-state index in [4.69, 9.17) is 15.2 Å². The van der Waals surface area contributed by atoms with Crippen molar-refractivity contribution in [3.8, 4) is 11.5 Å². The number of thioether (sulfide) groups is 1. The molecule has 10 nitrogen and oxygen atoms in total. The van der Waals surface area contributed by atoms with Crippen LogP contribution in [0.25, 0.3) is 0 Å². The van der Waals surface area contributed by atoms with Crippen LogP contribution in [0.1, 0.15) is 12.7 Å². The van der Waals surface area contributed by atoms with E-state index in [0.717, 1.165) is 21.5 Å². The van der Waals surface area contributed by atoms with Crippen LogP contribution in [0.15, 0.2) is 52.9 Å². The molecule has 0 saturated heterocycles. The van der Waals surface area contributed by atoms with Gasteiger partial charge < -0.3 is 25.8 Å². The molecule has 0 aliphatic carbocycles. The van der Waals surface area contributed by atoms with E-state index in [-0.39, 0.29) is 5.95 Å². The lowest BCUT2D eigenvalue weighted by atomic mass is 10.3. The Morgan fingerprint density at radius 1 is 0.939 bits per heavy atom. The predicted molar refractivity (Wildman–Crippen MR) is 131 cm³/mol. The highest BCUT2D eigenvalue weighted by Gasteiger charge is 2.12. The summed E-state index contributed by atoms with van der Waals surface area (Å²) >= 11 is 2.89. The Balaban J connectivity index is 1.41. The molecule has 0 saturated carbocycles. The van der Waals surface area contributed by atoms with Gasteiger partial charge in [-0.25, -0.2) is 0 Å². The lowest BCUT2D eigenvalue weighted by Gasteiger charge is -2.10. The molecule has 0 unspecified atom stereocenters. The maximum Gasteiger partial charge on any atom is 0.232 e. The van der Waals surface area contributed by atoms with Crippen LogP contribution in [0.2, 0.25) is 0 Å². The van der Waals surface area contributed by atoms with Crippen molar-refractivity contribution >= 4 is 51.5 Å². The second-order valence-corrected chi connectivity index (χ2v) is 8.67. The molecule has 4 N–H and O–H groups in total. The molecule has 2 heterocycles. The van der Waals surface area contributed by atoms with Crippen molar-refractivity contribution in [3.63, 3.8) is 0 Å². The van der Waals surface area contributed by atoms with Gasteiger partial charge in [0.05, 0.1) is 30.8 Å². The van der Waals surface area contributed by atoms with E-state index >= 15 is 0 Å². The number of ether oxygens (including phenoxy) is 2. The summed E-state index contributed by atoms with van der Waals surface area (Å²) in [7, 11) is 1.60. The number of anilines is 5. The van der Waals surface area contributed by atoms with Gasteiger partial charge >= 0.3 is 0 Å². The van der Waals surface area contributed by atoms with E-state index in [1.807, 2.05) is 55.5 Å². The molecule has 2 aromatic carbocycles. The molecule has 0 aliphatic rings. The number of nitrogens with zero attached hydrogens (tertiary/aromatic N) is 5. The van der Waals surface area contributed by atoms with Gasteiger partial charge in [0.2, 0.25) is 17.0 Å². The van der Waals surface area contributed by atoms with Crippen molar-refractivity contribution in [2.75, 3.05) is 30.1 Å². The van der Waals surface area contributed by atoms with Crippen molar-refractivity contribution in [2.45, 2.75) is 17.0 Å². The molecule has 0 bridgehead atoms. The summed E-state index contributed by atoms with van der Waals surface area (Å²) in [5, 5.41) is 15.5. The highest BCUT2D eigenvalue weighted by atomic mass is 32.2. The van der Waals surface area contributed by atoms with Gasteiger partial charge in [0, 0.05) is 0 Å². The van der Waals surface area contributed by atoms with Gasteiger partial charge in [0.15, 0.2) is 4.34 Å². The Kier molecular flexibility index (Phi) is 7.37. The Morgan fingerprint density at radius 3 is 2.42 bits per heavy atom. The first-order valence-corrected chi connectivity index (χ1v) is 11.8. The van der Waals surface area contributed by atoms with Gasteiger partial charge in [-0.05, 0) is 31.2 Å². The van der Waals surface area contributed by atoms with Crippen molar-refractivity contribution < 1.29 is 9.47 Å². The van der Waals surface area contributed by atoms with Crippen LogP contribution in [0.4, 0.5) is 28.4 Å². The molecule has 2 aromatic heterocycles. The van der Waals surface area contributed by atoms with Gasteiger partial charge in [-0.15, -0.1) is 10.2 Å². The maximum atomic E-state index is 5.89. The number of para-hydroxylation sites is 4. The average molecular weight is 483 g/mol. The smallest absolute Gasteiger partial charge is 0.232 e. The Hall–Kier alpha value is -3.64. The average Bonchev–Trinajstić information content (AvgIpc) is 3.26. The third kappa shape index (κ3) is 5.99. The predicted octanol–water partition coefficient (Wildman–Crippen LogP) is 4.49. The van der Waals surface area contributed by atoms with Crippen molar-refractivity contribution in [1.29, 1.82) is 0 Å². The minimum Gasteiger partial charge on any atom is -0.495 e. The second-order valence-electron chi connectivity index (χ2n) is 6.47. The van der Waals surface area contributed by atoms with E-state index in [1.54, 1.807) is 7.11 Å². The Labute approximate surface area is 199 Å². The van der Waals surface area contributed by atoms with Crippen LogP contribution in [0.3, 0.4) is 0 Å². The zero-order chi connectivity index (χ0) is 23.0. The molecule has 0 fully saturated rings. The molecule has 0 radical (unpaired) electrons. The van der Waals surface area contributed by atoms with Crippen molar-refractivity contribution in [2.24, 2.45) is 0 Å². The summed E-state index contributed by atoms with van der Waals surface area (Å²) in [5.74, 6) is 2.89. The summed E-state index contributed by atoms with van der Waals surface area (Å²) in [6.45, 7) is 2.53. The molecule has 0 atom stereocenters. The first-order chi connectivity index (χ1) is 16.1. The van der Waals surface area contributed by atoms with Crippen LogP contribution in [0.5, 0.6) is 11.5 Å². The minimum absolute atomic E-state index is 0.130. The highest BCUT2D eigenvalue weighted by Crippen LogP contribution is 2.33. The van der Waals surface area contributed by atoms with E-state index in [9.17, 15) is 0 Å². The molecule has 0 amide bonds. The first kappa shape index (κ1) is 22.6. The van der Waals surface area contributed by atoms with Crippen molar-refractivity contribution in [1.82, 2.24) is 25.1 Å². The summed E-state index contributed by atoms with van der Waals surface area (Å²) in [6, 6.07) is 15.2. The number of nitrogen functional groups attached to an aromatic ring is 1. The fourth-order valence-corrected chi connectivity index (χ4v) is 4.46. The molecule has 170 valence electrons. The van der Waals surface area contributed by atoms with Crippen LogP contribution < -0.4 is 25.8 Å². The van der Waals surface area contributed by atoms with Crippen LogP contribution >= 0.6 is 23.1 Å². The first-order valence-electron chi connectivity index (χ1n) is 10.00. The monoisotopic (exact) mass is 482 g/mol. The van der Waals surface area contributed by atoms with Crippen LogP contribution in [-0.2, 0) is 5.75 Å². The fourth-order valence-electron chi connectivity index (χ4n) is 2.84. The third-order valence-corrected chi connectivity index (χ3v) is 6.18. The van der Waals surface area contributed by atoms with Gasteiger partial charge in [-0.2, -0.15) is 15.0 Å². The zero-order valence-electron chi connectivity index (χ0n) is 18.0. The number of nitrogens with one attached hydrogen (secondary N) is 2. The molecule has 4 aromatic rings. The number of hydrogen-bond donors (Lipinski definition) is 3. The standard InChI is InChI=1S/C21H22N8O2S2/c1-3-31-16-11-7-5-9-14(16)24-20-28-29-21(33-20)32-12-17-25-18(22)27-19(26-17)23-13-8-4-6-10-15(13)30-2/h4-11H,3,12H2,1-2H3,(H,24,28)(H3,22,23,25,26,27). The highest BCUT2D eigenvalue weighted by molar-refractivity contribution is 8.00. The molecule has 0 spiro atoms. The molecule has 12 heteroatoms. The number of hydrogen-bond acceptors (Lipinski definition) is 12. The number of aromatic nitrogens is 5. The Morgan fingerprint density at radius 2 is 1.67 bits per heavy atom. The lowest BCUT2D eigenvalue weighted by Crippen LogP contribution is -2.07. The number of methoxy groups -OCH3 is 1. The van der Waals surface area contributed by atoms with Gasteiger partial charge in [-0.3, -0.25) is 0 Å².